The number of nitrogens with one attached hydrogen (secondary N) is 1. The van der Waals surface area contributed by atoms with Crippen LogP contribution in [0.2, 0.25) is 0 Å². The summed E-state index contributed by atoms with van der Waals surface area (Å²) in [6.07, 6.45) is 2.57. The van der Waals surface area contributed by atoms with Gasteiger partial charge in [0.25, 0.3) is 0 Å². The molecule has 0 bridgehead atoms. The molecule has 3 N–H and O–H groups in total. The van der Waals surface area contributed by atoms with Gasteiger partial charge in [-0.3, -0.25) is 4.79 Å². The maximum Gasteiger partial charge on any atom is 0.335 e. The van der Waals surface area contributed by atoms with E-state index in [0.29, 0.717) is 11.3 Å². The second-order valence-electron chi connectivity index (χ2n) is 5.48. The number of fused-ring (bicyclic) bond motifs is 1. The molecule has 0 radical (unpaired) electrons. The lowest BCUT2D eigenvalue weighted by atomic mass is 10.1. The smallest absolute Gasteiger partial charge is 0.335 e. The Morgan fingerprint density at radius 2 is 1.69 bits per heavy atom. The number of pyridine rings is 1. The van der Waals surface area contributed by atoms with Gasteiger partial charge >= 0.3 is 11.9 Å². The van der Waals surface area contributed by atoms with Gasteiger partial charge in [-0.05, 0) is 30.3 Å². The number of hydrogen-bond donors (Lipinski definition) is 3. The maximum absolute atomic E-state index is 13.2. The molecule has 0 aliphatic carbocycles. The van der Waals surface area contributed by atoms with Gasteiger partial charge in [-0.15, -0.1) is 0 Å². The molecule has 0 aliphatic heterocycles. The third-order valence-electron chi connectivity index (χ3n) is 3.52. The predicted octanol–water partition coefficient (Wildman–Crippen LogP) is 2.05. The van der Waals surface area contributed by atoms with E-state index in [-0.39, 0.29) is 23.2 Å². The minimum atomic E-state index is -1.31. The fourth-order valence-electron chi connectivity index (χ4n) is 2.42. The number of carbonyl (C=O) groups excluding carboxylic acids is 1. The normalized spacial score (nSPS) is 10.7. The van der Waals surface area contributed by atoms with Gasteiger partial charge in [-0.25, -0.2) is 19.0 Å². The van der Waals surface area contributed by atoms with Crippen LogP contribution in [0.4, 0.5) is 10.1 Å². The van der Waals surface area contributed by atoms with Gasteiger partial charge < -0.3 is 19.9 Å². The van der Waals surface area contributed by atoms with Gasteiger partial charge in [0, 0.05) is 18.1 Å². The van der Waals surface area contributed by atoms with Crippen LogP contribution in [0.25, 0.3) is 5.65 Å². The fourth-order valence-corrected chi connectivity index (χ4v) is 2.42. The van der Waals surface area contributed by atoms with Gasteiger partial charge in [0.2, 0.25) is 5.91 Å². The fraction of sp³-hybridized carbons (Fsp3) is 0.0588. The zero-order chi connectivity index (χ0) is 18.8. The largest absolute Gasteiger partial charge is 0.478 e. The number of aromatic nitrogens is 2. The van der Waals surface area contributed by atoms with Gasteiger partial charge in [0.15, 0.2) is 0 Å². The molecule has 9 heteroatoms. The number of carboxylic acids is 2. The number of imidazole rings is 1. The molecule has 1 amide bonds. The van der Waals surface area contributed by atoms with E-state index in [1.165, 1.54) is 28.9 Å². The Morgan fingerprint density at radius 1 is 1.04 bits per heavy atom. The molecule has 26 heavy (non-hydrogen) atoms. The van der Waals surface area contributed by atoms with Gasteiger partial charge in [-0.1, -0.05) is 0 Å². The van der Waals surface area contributed by atoms with Crippen LogP contribution in [-0.4, -0.2) is 37.4 Å². The number of nitrogens with zero attached hydrogens (tertiary/aromatic N) is 2. The lowest BCUT2D eigenvalue weighted by Gasteiger charge is -2.07. The number of halogens is 1. The molecule has 2 heterocycles. The van der Waals surface area contributed by atoms with Crippen LogP contribution in [0.1, 0.15) is 26.4 Å². The summed E-state index contributed by atoms with van der Waals surface area (Å²) in [5.74, 6) is -3.60. The molecule has 2 aromatic heterocycles. The highest BCUT2D eigenvalue weighted by atomic mass is 19.1. The Kier molecular flexibility index (Phi) is 4.36. The van der Waals surface area contributed by atoms with Gasteiger partial charge in [-0.2, -0.15) is 0 Å². The number of anilines is 1. The minimum Gasteiger partial charge on any atom is -0.478 e. The van der Waals surface area contributed by atoms with Crippen molar-refractivity contribution < 1.29 is 29.0 Å². The van der Waals surface area contributed by atoms with E-state index in [9.17, 15) is 18.8 Å². The van der Waals surface area contributed by atoms with E-state index >= 15 is 0 Å². The first kappa shape index (κ1) is 17.1. The molecule has 0 spiro atoms. The van der Waals surface area contributed by atoms with E-state index in [2.05, 4.69) is 10.3 Å². The minimum absolute atomic E-state index is 0.0436. The number of carboxylic acid groups (broad SMARTS) is 2. The summed E-state index contributed by atoms with van der Waals surface area (Å²) in [4.78, 5) is 38.5. The van der Waals surface area contributed by atoms with Crippen LogP contribution in [0.3, 0.4) is 0 Å². The van der Waals surface area contributed by atoms with Crippen LogP contribution >= 0.6 is 0 Å². The Balaban J connectivity index is 1.80. The highest BCUT2D eigenvalue weighted by Crippen LogP contribution is 2.16. The monoisotopic (exact) mass is 357 g/mol. The van der Waals surface area contributed by atoms with Crippen molar-refractivity contribution in [1.29, 1.82) is 0 Å². The van der Waals surface area contributed by atoms with Crippen molar-refractivity contribution in [3.05, 3.63) is 65.4 Å². The molecule has 132 valence electrons. The number of rotatable bonds is 5. The van der Waals surface area contributed by atoms with Crippen molar-refractivity contribution in [2.24, 2.45) is 0 Å². The molecule has 1 aromatic carbocycles. The van der Waals surface area contributed by atoms with E-state index < -0.39 is 23.7 Å². The lowest BCUT2D eigenvalue weighted by Crippen LogP contribution is -2.16. The van der Waals surface area contributed by atoms with Crippen molar-refractivity contribution >= 4 is 29.2 Å². The van der Waals surface area contributed by atoms with Crippen molar-refractivity contribution in [1.82, 2.24) is 9.38 Å². The first-order valence-electron chi connectivity index (χ1n) is 7.36. The highest BCUT2D eigenvalue weighted by molar-refractivity contribution is 5.98. The molecular weight excluding hydrogens is 345 g/mol. The molecule has 8 nitrogen and oxygen atoms in total. The van der Waals surface area contributed by atoms with E-state index in [1.807, 2.05) is 0 Å². The van der Waals surface area contributed by atoms with Crippen LogP contribution in [0.5, 0.6) is 0 Å². The third kappa shape index (κ3) is 3.66. The highest BCUT2D eigenvalue weighted by Gasteiger charge is 2.14. The maximum atomic E-state index is 13.2. The average molecular weight is 357 g/mol. The molecular formula is C17H12FN3O5. The first-order valence-corrected chi connectivity index (χ1v) is 7.36. The Morgan fingerprint density at radius 3 is 2.31 bits per heavy atom. The summed E-state index contributed by atoms with van der Waals surface area (Å²) < 4.78 is 14.6. The number of amides is 1. The van der Waals surface area contributed by atoms with E-state index in [1.54, 1.807) is 0 Å². The van der Waals surface area contributed by atoms with Gasteiger partial charge in [0.05, 0.1) is 23.2 Å². The Hall–Kier alpha value is -3.75. The molecule has 3 rings (SSSR count). The predicted molar refractivity (Wildman–Crippen MR) is 87.8 cm³/mol. The second-order valence-corrected chi connectivity index (χ2v) is 5.48. The van der Waals surface area contributed by atoms with Crippen molar-refractivity contribution in [2.75, 3.05) is 5.32 Å². The third-order valence-corrected chi connectivity index (χ3v) is 3.52. The number of benzene rings is 1. The molecule has 0 fully saturated rings. The van der Waals surface area contributed by atoms with Crippen molar-refractivity contribution in [3.8, 4) is 0 Å². The Labute approximate surface area is 145 Å². The van der Waals surface area contributed by atoms with Crippen LogP contribution in [-0.2, 0) is 11.2 Å². The van der Waals surface area contributed by atoms with Crippen molar-refractivity contribution in [2.45, 2.75) is 6.42 Å². The summed E-state index contributed by atoms with van der Waals surface area (Å²) in [7, 11) is 0. The molecule has 0 unspecified atom stereocenters. The zero-order valence-electron chi connectivity index (χ0n) is 13.1. The van der Waals surface area contributed by atoms with Crippen LogP contribution < -0.4 is 5.32 Å². The summed E-state index contributed by atoms with van der Waals surface area (Å²) in [6, 6.07) is 6.03. The number of aromatic carboxylic acids is 2. The van der Waals surface area contributed by atoms with Crippen molar-refractivity contribution in [3.63, 3.8) is 0 Å². The van der Waals surface area contributed by atoms with Crippen LogP contribution in [0.15, 0.2) is 42.7 Å². The number of carbonyl (C=O) groups is 3. The average Bonchev–Trinajstić information content (AvgIpc) is 2.95. The van der Waals surface area contributed by atoms with E-state index in [4.69, 9.17) is 10.2 Å². The molecule has 0 saturated heterocycles. The first-order chi connectivity index (χ1) is 12.3. The second kappa shape index (κ2) is 6.63. The molecule has 0 atom stereocenters. The number of hydrogen-bond acceptors (Lipinski definition) is 4. The summed E-state index contributed by atoms with van der Waals surface area (Å²) in [6.45, 7) is 0. The summed E-state index contributed by atoms with van der Waals surface area (Å²) in [5, 5.41) is 20.5. The molecule has 3 aromatic rings. The standard InChI is InChI=1S/C17H12FN3O5/c18-11-1-2-14-19-13(8-21(14)7-11)6-15(22)20-12-4-9(16(23)24)3-10(5-12)17(25)26/h1-5,7-8H,6H2,(H,20,22)(H,23,24)(H,25,26). The topological polar surface area (TPSA) is 121 Å². The SMILES string of the molecule is O=C(Cc1cn2cc(F)ccc2n1)Nc1cc(C(=O)O)cc(C(=O)O)c1. The molecule has 0 aliphatic rings. The zero-order valence-corrected chi connectivity index (χ0v) is 13.1. The Bertz CT molecular complexity index is 1010. The summed E-state index contributed by atoms with van der Waals surface area (Å²) in [5.41, 5.74) is 0.366. The lowest BCUT2D eigenvalue weighted by molar-refractivity contribution is -0.115. The van der Waals surface area contributed by atoms with E-state index in [0.717, 1.165) is 18.2 Å². The summed E-state index contributed by atoms with van der Waals surface area (Å²) >= 11 is 0. The quantitative estimate of drug-likeness (QED) is 0.643. The van der Waals surface area contributed by atoms with Crippen LogP contribution in [0, 0.1) is 5.82 Å². The molecule has 0 saturated carbocycles. The van der Waals surface area contributed by atoms with Gasteiger partial charge in [0.1, 0.15) is 11.5 Å².